The zero-order valence-corrected chi connectivity index (χ0v) is 9.39. The Hall–Kier alpha value is -0.940. The number of nitrogens with two attached hydrogens (primary N) is 1. The van der Waals surface area contributed by atoms with Crippen molar-refractivity contribution >= 4 is 17.9 Å². The molecule has 0 saturated carbocycles. The highest BCUT2D eigenvalue weighted by atomic mass is 35.5. The first-order chi connectivity index (χ1) is 7.61. The maximum absolute atomic E-state index is 10.8. The van der Waals surface area contributed by atoms with E-state index in [9.17, 15) is 15.0 Å². The second-order valence-electron chi connectivity index (χ2n) is 3.45. The minimum absolute atomic E-state index is 0.202. The number of aldehydes is 1. The molecule has 1 aromatic rings. The number of hydrogen-bond acceptors (Lipinski definition) is 4. The number of halogens is 1. The second kappa shape index (κ2) is 5.96. The summed E-state index contributed by atoms with van der Waals surface area (Å²) < 4.78 is 0. The van der Waals surface area contributed by atoms with Crippen molar-refractivity contribution in [2.75, 3.05) is 6.54 Å². The minimum atomic E-state index is -1.15. The third kappa shape index (κ3) is 2.80. The van der Waals surface area contributed by atoms with Gasteiger partial charge in [-0.3, -0.25) is 4.79 Å². The summed E-state index contributed by atoms with van der Waals surface area (Å²) in [6.45, 7) is 0.259. The zero-order valence-electron chi connectivity index (χ0n) is 8.64. The fourth-order valence-electron chi connectivity index (χ4n) is 1.47. The average Bonchev–Trinajstić information content (AvgIpc) is 2.28. The Labute approximate surface area is 98.6 Å². The Kier molecular flexibility index (Phi) is 4.89. The van der Waals surface area contributed by atoms with Crippen LogP contribution in [0.5, 0.6) is 0 Å². The Morgan fingerprint density at radius 1 is 1.44 bits per heavy atom. The summed E-state index contributed by atoms with van der Waals surface area (Å²) in [6, 6.07) is 4.72. The van der Waals surface area contributed by atoms with E-state index in [2.05, 4.69) is 0 Å². The Balaban J connectivity index is 3.03. The van der Waals surface area contributed by atoms with Crippen molar-refractivity contribution in [3.05, 3.63) is 34.3 Å². The standard InChI is InChI=1S/C11H14ClNO3/c12-9-3-1-2-7(8(9)6-14)11(16)10(15)4-5-13/h1-3,6,10-11,15-16H,4-5,13H2. The molecule has 2 unspecified atom stereocenters. The molecule has 2 atom stereocenters. The van der Waals surface area contributed by atoms with Gasteiger partial charge in [0.15, 0.2) is 6.29 Å². The number of carbonyl (C=O) groups is 1. The lowest BCUT2D eigenvalue weighted by atomic mass is 9.97. The van der Waals surface area contributed by atoms with Crippen LogP contribution < -0.4 is 5.73 Å². The van der Waals surface area contributed by atoms with Crippen molar-refractivity contribution in [1.29, 1.82) is 0 Å². The molecule has 0 bridgehead atoms. The van der Waals surface area contributed by atoms with Gasteiger partial charge in [0.1, 0.15) is 6.10 Å². The van der Waals surface area contributed by atoms with Crippen LogP contribution in [0.2, 0.25) is 5.02 Å². The van der Waals surface area contributed by atoms with Crippen LogP contribution in [-0.2, 0) is 0 Å². The molecule has 0 aliphatic heterocycles. The molecule has 0 spiro atoms. The van der Waals surface area contributed by atoms with Crippen LogP contribution in [0.4, 0.5) is 0 Å². The summed E-state index contributed by atoms with van der Waals surface area (Å²) in [6.07, 6.45) is -1.33. The molecular weight excluding hydrogens is 230 g/mol. The fraction of sp³-hybridized carbons (Fsp3) is 0.364. The van der Waals surface area contributed by atoms with E-state index in [1.165, 1.54) is 0 Å². The van der Waals surface area contributed by atoms with Gasteiger partial charge in [0.25, 0.3) is 0 Å². The molecule has 5 heteroatoms. The van der Waals surface area contributed by atoms with Crippen LogP contribution in [0, 0.1) is 0 Å². The summed E-state index contributed by atoms with van der Waals surface area (Å²) in [5.74, 6) is 0. The first-order valence-electron chi connectivity index (χ1n) is 4.91. The average molecular weight is 244 g/mol. The molecule has 0 aliphatic carbocycles. The lowest BCUT2D eigenvalue weighted by Gasteiger charge is -2.19. The number of aliphatic hydroxyl groups excluding tert-OH is 2. The van der Waals surface area contributed by atoms with E-state index in [1.54, 1.807) is 18.2 Å². The van der Waals surface area contributed by atoms with Gasteiger partial charge >= 0.3 is 0 Å². The Bertz CT molecular complexity index is 370. The van der Waals surface area contributed by atoms with Crippen LogP contribution in [0.25, 0.3) is 0 Å². The van der Waals surface area contributed by atoms with Crippen LogP contribution in [0.3, 0.4) is 0 Å². The lowest BCUT2D eigenvalue weighted by Crippen LogP contribution is -2.22. The van der Waals surface area contributed by atoms with Crippen LogP contribution >= 0.6 is 11.6 Å². The van der Waals surface area contributed by atoms with Crippen LogP contribution in [0.15, 0.2) is 18.2 Å². The summed E-state index contributed by atoms with van der Waals surface area (Å²) in [4.78, 5) is 10.8. The predicted molar refractivity (Wildman–Crippen MR) is 61.5 cm³/mol. The Morgan fingerprint density at radius 2 is 2.12 bits per heavy atom. The van der Waals surface area contributed by atoms with Gasteiger partial charge in [-0.15, -0.1) is 0 Å². The SMILES string of the molecule is NCCC(O)C(O)c1cccc(Cl)c1C=O. The van der Waals surface area contributed by atoms with E-state index in [0.717, 1.165) is 0 Å². The first-order valence-corrected chi connectivity index (χ1v) is 5.29. The number of benzene rings is 1. The normalized spacial score (nSPS) is 14.5. The number of carbonyl (C=O) groups excluding carboxylic acids is 1. The lowest BCUT2D eigenvalue weighted by molar-refractivity contribution is 0.0147. The second-order valence-corrected chi connectivity index (χ2v) is 3.86. The highest BCUT2D eigenvalue weighted by Crippen LogP contribution is 2.26. The van der Waals surface area contributed by atoms with E-state index in [0.29, 0.717) is 11.8 Å². The summed E-state index contributed by atoms with van der Waals surface area (Å²) in [5.41, 5.74) is 5.80. The summed E-state index contributed by atoms with van der Waals surface area (Å²) in [7, 11) is 0. The van der Waals surface area contributed by atoms with E-state index < -0.39 is 12.2 Å². The smallest absolute Gasteiger partial charge is 0.151 e. The zero-order chi connectivity index (χ0) is 12.1. The number of hydrogen-bond donors (Lipinski definition) is 3. The summed E-state index contributed by atoms with van der Waals surface area (Å²) >= 11 is 5.81. The largest absolute Gasteiger partial charge is 0.390 e. The molecule has 88 valence electrons. The Morgan fingerprint density at radius 3 is 2.69 bits per heavy atom. The molecule has 0 heterocycles. The van der Waals surface area contributed by atoms with Crippen molar-refractivity contribution in [2.24, 2.45) is 5.73 Å². The van der Waals surface area contributed by atoms with Crippen molar-refractivity contribution in [3.63, 3.8) is 0 Å². The first kappa shape index (κ1) is 13.1. The van der Waals surface area contributed by atoms with Gasteiger partial charge in [0.05, 0.1) is 11.1 Å². The van der Waals surface area contributed by atoms with E-state index in [1.807, 2.05) is 0 Å². The third-order valence-electron chi connectivity index (χ3n) is 2.35. The molecule has 0 fully saturated rings. The van der Waals surface area contributed by atoms with E-state index >= 15 is 0 Å². The van der Waals surface area contributed by atoms with Crippen molar-refractivity contribution < 1.29 is 15.0 Å². The van der Waals surface area contributed by atoms with Gasteiger partial charge in [-0.1, -0.05) is 23.7 Å². The predicted octanol–water partition coefficient (Wildman–Crippen LogP) is 0.896. The number of aliphatic hydroxyl groups is 2. The molecule has 0 radical (unpaired) electrons. The molecule has 1 rings (SSSR count). The summed E-state index contributed by atoms with van der Waals surface area (Å²) in [5, 5.41) is 19.7. The van der Waals surface area contributed by atoms with Gasteiger partial charge in [-0.25, -0.2) is 0 Å². The molecule has 0 amide bonds. The topological polar surface area (TPSA) is 83.6 Å². The molecular formula is C11H14ClNO3. The molecule has 0 aliphatic rings. The maximum Gasteiger partial charge on any atom is 0.151 e. The van der Waals surface area contributed by atoms with Gasteiger partial charge in [0, 0.05) is 5.56 Å². The minimum Gasteiger partial charge on any atom is -0.390 e. The quantitative estimate of drug-likeness (QED) is 0.671. The third-order valence-corrected chi connectivity index (χ3v) is 2.68. The molecule has 4 nitrogen and oxygen atoms in total. The molecule has 4 N–H and O–H groups in total. The molecule has 16 heavy (non-hydrogen) atoms. The molecule has 1 aromatic carbocycles. The van der Waals surface area contributed by atoms with Crippen LogP contribution in [-0.4, -0.2) is 29.1 Å². The van der Waals surface area contributed by atoms with Crippen LogP contribution in [0.1, 0.15) is 28.4 Å². The highest BCUT2D eigenvalue weighted by Gasteiger charge is 2.21. The number of rotatable bonds is 5. The van der Waals surface area contributed by atoms with Crippen molar-refractivity contribution in [2.45, 2.75) is 18.6 Å². The van der Waals surface area contributed by atoms with Gasteiger partial charge in [0.2, 0.25) is 0 Å². The van der Waals surface area contributed by atoms with E-state index in [-0.39, 0.29) is 23.6 Å². The van der Waals surface area contributed by atoms with Gasteiger partial charge in [-0.05, 0) is 24.6 Å². The fourth-order valence-corrected chi connectivity index (χ4v) is 1.70. The van der Waals surface area contributed by atoms with Gasteiger partial charge < -0.3 is 15.9 Å². The van der Waals surface area contributed by atoms with Gasteiger partial charge in [-0.2, -0.15) is 0 Å². The monoisotopic (exact) mass is 243 g/mol. The molecule has 0 aromatic heterocycles. The van der Waals surface area contributed by atoms with Crippen molar-refractivity contribution in [1.82, 2.24) is 0 Å². The van der Waals surface area contributed by atoms with E-state index in [4.69, 9.17) is 17.3 Å². The molecule has 0 saturated heterocycles. The highest BCUT2D eigenvalue weighted by molar-refractivity contribution is 6.33. The maximum atomic E-state index is 10.8. The van der Waals surface area contributed by atoms with Crippen molar-refractivity contribution in [3.8, 4) is 0 Å².